The summed E-state index contributed by atoms with van der Waals surface area (Å²) >= 11 is 3.47. The minimum Gasteiger partial charge on any atom is -0.496 e. The molecular formula is C18H21BrN2O2. The van der Waals surface area contributed by atoms with Crippen LogP contribution in [0.1, 0.15) is 25.0 Å². The largest absolute Gasteiger partial charge is 0.496 e. The van der Waals surface area contributed by atoms with E-state index in [-0.39, 0.29) is 6.10 Å². The molecule has 122 valence electrons. The summed E-state index contributed by atoms with van der Waals surface area (Å²) < 4.78 is 12.1. The van der Waals surface area contributed by atoms with E-state index in [1.54, 1.807) is 13.3 Å². The molecule has 1 N–H and O–H groups in total. The number of nitrogens with one attached hydrogen (secondary N) is 1. The Morgan fingerprint density at radius 1 is 1.17 bits per heavy atom. The molecular weight excluding hydrogens is 356 g/mol. The molecule has 0 fully saturated rings. The van der Waals surface area contributed by atoms with E-state index in [1.807, 2.05) is 56.3 Å². The number of hydrazone groups is 1. The van der Waals surface area contributed by atoms with Gasteiger partial charge in [0.1, 0.15) is 11.5 Å². The lowest BCUT2D eigenvalue weighted by atomic mass is 10.2. The van der Waals surface area contributed by atoms with Gasteiger partial charge < -0.3 is 14.9 Å². The molecule has 0 unspecified atom stereocenters. The molecule has 0 bridgehead atoms. The van der Waals surface area contributed by atoms with Crippen LogP contribution < -0.4 is 14.9 Å². The molecule has 0 saturated carbocycles. The fraction of sp³-hybridized carbons (Fsp3) is 0.278. The van der Waals surface area contributed by atoms with Gasteiger partial charge in [0.05, 0.1) is 26.0 Å². The molecule has 4 nitrogen and oxygen atoms in total. The van der Waals surface area contributed by atoms with Gasteiger partial charge in [-0.15, -0.1) is 0 Å². The average molecular weight is 377 g/mol. The molecule has 23 heavy (non-hydrogen) atoms. The SMILES string of the molecule is COc1ccccc1CN/N=C/c1cc(Br)ccc1OC(C)C. The van der Waals surface area contributed by atoms with Crippen molar-refractivity contribution in [1.29, 1.82) is 0 Å². The smallest absolute Gasteiger partial charge is 0.128 e. The molecule has 5 heteroatoms. The van der Waals surface area contributed by atoms with Crippen LogP contribution in [0.5, 0.6) is 11.5 Å². The van der Waals surface area contributed by atoms with Gasteiger partial charge in [-0.3, -0.25) is 0 Å². The predicted octanol–water partition coefficient (Wildman–Crippen LogP) is 4.37. The summed E-state index contributed by atoms with van der Waals surface area (Å²) in [5.41, 5.74) is 5.02. The standard InChI is InChI=1S/C18H21BrN2O2/c1-13(2)23-18-9-8-16(19)10-15(18)12-21-20-11-14-6-4-5-7-17(14)22-3/h4-10,12-13,20H,11H2,1-3H3/b21-12+. The molecule has 2 aromatic rings. The van der Waals surface area contributed by atoms with E-state index in [0.717, 1.165) is 27.1 Å². The fourth-order valence-electron chi connectivity index (χ4n) is 2.08. The normalized spacial score (nSPS) is 11.0. The summed E-state index contributed by atoms with van der Waals surface area (Å²) in [5.74, 6) is 1.66. The van der Waals surface area contributed by atoms with Gasteiger partial charge in [-0.05, 0) is 38.1 Å². The first-order valence-corrected chi connectivity index (χ1v) is 8.23. The number of methoxy groups -OCH3 is 1. The van der Waals surface area contributed by atoms with Gasteiger partial charge in [0.2, 0.25) is 0 Å². The average Bonchev–Trinajstić information content (AvgIpc) is 2.54. The predicted molar refractivity (Wildman–Crippen MR) is 97.3 cm³/mol. The highest BCUT2D eigenvalue weighted by molar-refractivity contribution is 9.10. The van der Waals surface area contributed by atoms with Gasteiger partial charge in [0.25, 0.3) is 0 Å². The monoisotopic (exact) mass is 376 g/mol. The van der Waals surface area contributed by atoms with Crippen LogP contribution in [0, 0.1) is 0 Å². The lowest BCUT2D eigenvalue weighted by Crippen LogP contribution is -2.09. The van der Waals surface area contributed by atoms with E-state index in [1.165, 1.54) is 0 Å². The summed E-state index contributed by atoms with van der Waals surface area (Å²) in [6, 6.07) is 13.7. The number of hydrogen-bond acceptors (Lipinski definition) is 4. The Morgan fingerprint density at radius 3 is 2.70 bits per heavy atom. The second-order valence-electron chi connectivity index (χ2n) is 5.25. The van der Waals surface area contributed by atoms with Crippen molar-refractivity contribution in [2.45, 2.75) is 26.5 Å². The van der Waals surface area contributed by atoms with Crippen LogP contribution in [0.2, 0.25) is 0 Å². The van der Waals surface area contributed by atoms with Gasteiger partial charge in [-0.2, -0.15) is 5.10 Å². The van der Waals surface area contributed by atoms with Gasteiger partial charge >= 0.3 is 0 Å². The van der Waals surface area contributed by atoms with E-state index in [4.69, 9.17) is 9.47 Å². The van der Waals surface area contributed by atoms with Gasteiger partial charge in [0, 0.05) is 15.6 Å². The minimum absolute atomic E-state index is 0.116. The summed E-state index contributed by atoms with van der Waals surface area (Å²) in [6.07, 6.45) is 1.88. The highest BCUT2D eigenvalue weighted by Crippen LogP contribution is 2.23. The van der Waals surface area contributed by atoms with Crippen molar-refractivity contribution in [1.82, 2.24) is 5.43 Å². The topological polar surface area (TPSA) is 42.8 Å². The van der Waals surface area contributed by atoms with Crippen molar-refractivity contribution >= 4 is 22.1 Å². The molecule has 0 aromatic heterocycles. The lowest BCUT2D eigenvalue weighted by molar-refractivity contribution is 0.242. The molecule has 0 aliphatic heterocycles. The summed E-state index contributed by atoms with van der Waals surface area (Å²) in [4.78, 5) is 0. The maximum absolute atomic E-state index is 5.79. The molecule has 0 spiro atoms. The van der Waals surface area contributed by atoms with Crippen molar-refractivity contribution in [3.63, 3.8) is 0 Å². The fourth-order valence-corrected chi connectivity index (χ4v) is 2.46. The Hall–Kier alpha value is -2.01. The third kappa shape index (κ3) is 5.28. The Bertz CT molecular complexity index is 672. The van der Waals surface area contributed by atoms with E-state index in [2.05, 4.69) is 26.5 Å². The van der Waals surface area contributed by atoms with Crippen LogP contribution in [0.15, 0.2) is 52.0 Å². The highest BCUT2D eigenvalue weighted by Gasteiger charge is 2.05. The second-order valence-corrected chi connectivity index (χ2v) is 6.17. The van der Waals surface area contributed by atoms with Crippen molar-refractivity contribution < 1.29 is 9.47 Å². The first-order chi connectivity index (χ1) is 11.1. The van der Waals surface area contributed by atoms with Gasteiger partial charge in [0.15, 0.2) is 0 Å². The second kappa shape index (κ2) is 8.58. The molecule has 0 aliphatic rings. The van der Waals surface area contributed by atoms with Crippen molar-refractivity contribution in [3.8, 4) is 11.5 Å². The van der Waals surface area contributed by atoms with Crippen molar-refractivity contribution in [2.24, 2.45) is 5.10 Å². The van der Waals surface area contributed by atoms with Crippen LogP contribution in [-0.4, -0.2) is 19.4 Å². The number of hydrogen-bond donors (Lipinski definition) is 1. The maximum Gasteiger partial charge on any atom is 0.128 e. The van der Waals surface area contributed by atoms with Crippen LogP contribution in [0.3, 0.4) is 0 Å². The number of para-hydroxylation sites is 1. The Balaban J connectivity index is 2.04. The van der Waals surface area contributed by atoms with Crippen LogP contribution in [0.4, 0.5) is 0 Å². The highest BCUT2D eigenvalue weighted by atomic mass is 79.9. The number of ether oxygens (including phenoxy) is 2. The van der Waals surface area contributed by atoms with E-state index in [9.17, 15) is 0 Å². The first kappa shape index (κ1) is 17.3. The minimum atomic E-state index is 0.116. The third-order valence-corrected chi connectivity index (χ3v) is 3.58. The summed E-state index contributed by atoms with van der Waals surface area (Å²) in [7, 11) is 1.67. The van der Waals surface area contributed by atoms with Crippen LogP contribution >= 0.6 is 15.9 Å². The molecule has 0 radical (unpaired) electrons. The van der Waals surface area contributed by atoms with Crippen LogP contribution in [-0.2, 0) is 6.54 Å². The molecule has 0 amide bonds. The Labute approximate surface area is 145 Å². The van der Waals surface area contributed by atoms with Crippen molar-refractivity contribution in [2.75, 3.05) is 7.11 Å². The third-order valence-electron chi connectivity index (χ3n) is 3.09. The number of rotatable bonds is 7. The Morgan fingerprint density at radius 2 is 1.96 bits per heavy atom. The lowest BCUT2D eigenvalue weighted by Gasteiger charge is -2.12. The molecule has 0 heterocycles. The molecule has 0 aliphatic carbocycles. The van der Waals surface area contributed by atoms with Gasteiger partial charge in [-0.1, -0.05) is 34.1 Å². The molecule has 2 rings (SSSR count). The molecule has 2 aromatic carbocycles. The maximum atomic E-state index is 5.79. The summed E-state index contributed by atoms with van der Waals surface area (Å²) in [6.45, 7) is 4.60. The van der Waals surface area contributed by atoms with Crippen molar-refractivity contribution in [3.05, 3.63) is 58.1 Å². The van der Waals surface area contributed by atoms with E-state index >= 15 is 0 Å². The zero-order valence-electron chi connectivity index (χ0n) is 13.5. The van der Waals surface area contributed by atoms with E-state index in [0.29, 0.717) is 6.54 Å². The van der Waals surface area contributed by atoms with Crippen LogP contribution in [0.25, 0.3) is 0 Å². The number of halogens is 1. The molecule has 0 atom stereocenters. The van der Waals surface area contributed by atoms with Gasteiger partial charge in [-0.25, -0.2) is 0 Å². The molecule has 0 saturated heterocycles. The zero-order chi connectivity index (χ0) is 16.7. The quantitative estimate of drug-likeness (QED) is 0.576. The van der Waals surface area contributed by atoms with E-state index < -0.39 is 0 Å². The first-order valence-electron chi connectivity index (χ1n) is 7.44. The zero-order valence-corrected chi connectivity index (χ0v) is 15.1. The Kier molecular flexibility index (Phi) is 6.47. The number of nitrogens with zero attached hydrogens (tertiary/aromatic N) is 1. The summed E-state index contributed by atoms with van der Waals surface area (Å²) in [5, 5.41) is 4.29. The number of benzene rings is 2.